The highest BCUT2D eigenvalue weighted by Gasteiger charge is 2.27. The summed E-state index contributed by atoms with van der Waals surface area (Å²) in [4.78, 5) is 25.4. The molecule has 0 saturated heterocycles. The Morgan fingerprint density at radius 2 is 1.54 bits per heavy atom. The molecule has 0 bridgehead atoms. The fourth-order valence-electron chi connectivity index (χ4n) is 4.21. The molecular weight excluding hydrogens is 352 g/mol. The molecule has 5 aromatic rings. The van der Waals surface area contributed by atoms with Gasteiger partial charge in [-0.25, -0.2) is 4.79 Å². The van der Waals surface area contributed by atoms with E-state index in [-0.39, 0.29) is 6.61 Å². The first-order valence-corrected chi connectivity index (χ1v) is 9.23. The number of carbonyl (C=O) groups is 2. The second kappa shape index (κ2) is 5.96. The van der Waals surface area contributed by atoms with E-state index in [0.29, 0.717) is 5.56 Å². The number of hydrogen-bond donors (Lipinski definition) is 0. The Labute approximate surface area is 160 Å². The van der Waals surface area contributed by atoms with Crippen LogP contribution in [0, 0.1) is 0 Å². The Balaban J connectivity index is 2.02. The summed E-state index contributed by atoms with van der Waals surface area (Å²) in [6.45, 7) is 1.86. The molecule has 0 fully saturated rings. The van der Waals surface area contributed by atoms with Gasteiger partial charge in [0.05, 0.1) is 28.7 Å². The zero-order valence-corrected chi connectivity index (χ0v) is 15.6. The lowest BCUT2D eigenvalue weighted by Gasteiger charge is -2.05. The maximum atomic E-state index is 13.1. The van der Waals surface area contributed by atoms with Crippen molar-refractivity contribution in [1.29, 1.82) is 0 Å². The molecule has 0 aliphatic carbocycles. The average molecular weight is 370 g/mol. The zero-order valence-electron chi connectivity index (χ0n) is 15.6. The van der Waals surface area contributed by atoms with Crippen molar-refractivity contribution in [3.63, 3.8) is 0 Å². The third-order valence-corrected chi connectivity index (χ3v) is 5.36. The van der Waals surface area contributed by atoms with Gasteiger partial charge in [0.1, 0.15) is 0 Å². The van der Waals surface area contributed by atoms with Crippen molar-refractivity contribution < 1.29 is 14.3 Å². The van der Waals surface area contributed by atoms with E-state index < -0.39 is 11.8 Å². The molecule has 0 saturated carbocycles. The summed E-state index contributed by atoms with van der Waals surface area (Å²) in [5.41, 5.74) is 4.01. The van der Waals surface area contributed by atoms with Crippen LogP contribution in [0.1, 0.15) is 17.3 Å². The molecule has 0 aliphatic heterocycles. The summed E-state index contributed by atoms with van der Waals surface area (Å²) in [7, 11) is 1.99. The number of ether oxygens (including phenoxy) is 1. The first-order chi connectivity index (χ1) is 13.6. The monoisotopic (exact) mass is 370 g/mol. The van der Waals surface area contributed by atoms with E-state index >= 15 is 0 Å². The van der Waals surface area contributed by atoms with Crippen LogP contribution in [0.3, 0.4) is 0 Å². The largest absolute Gasteiger partial charge is 0.460 e. The highest BCUT2D eigenvalue weighted by molar-refractivity contribution is 6.46. The van der Waals surface area contributed by atoms with Crippen LogP contribution in [-0.4, -0.2) is 27.3 Å². The van der Waals surface area contributed by atoms with E-state index in [4.69, 9.17) is 4.74 Å². The van der Waals surface area contributed by atoms with Gasteiger partial charge in [0.2, 0.25) is 0 Å². The van der Waals surface area contributed by atoms with E-state index in [2.05, 4.69) is 22.8 Å². The number of aryl methyl sites for hydroxylation is 1. The van der Waals surface area contributed by atoms with Crippen molar-refractivity contribution in [2.75, 3.05) is 6.61 Å². The molecule has 0 spiro atoms. The Kier molecular flexibility index (Phi) is 3.52. The molecule has 5 rings (SSSR count). The van der Waals surface area contributed by atoms with Crippen molar-refractivity contribution in [2.45, 2.75) is 6.92 Å². The first-order valence-electron chi connectivity index (χ1n) is 9.23. The Bertz CT molecular complexity index is 1420. The zero-order chi connectivity index (χ0) is 19.4. The van der Waals surface area contributed by atoms with E-state index in [0.717, 1.165) is 38.2 Å². The number of para-hydroxylation sites is 2. The standard InChI is InChI=1S/C23H18N2O3/c1-3-28-23(27)22(26)19-16-9-5-7-11-18(16)25-13-12-15-14-8-4-6-10-17(14)24(2)20(15)21(19)25/h4-13H,3H2,1-2H3. The number of ketones is 1. The van der Waals surface area contributed by atoms with Crippen molar-refractivity contribution >= 4 is 50.0 Å². The number of nitrogens with zero attached hydrogens (tertiary/aromatic N) is 2. The number of Topliss-reactive ketones (excluding diaryl/α,β-unsaturated/α-hetero) is 1. The van der Waals surface area contributed by atoms with Gasteiger partial charge < -0.3 is 13.7 Å². The number of carbonyl (C=O) groups excluding carboxylic acids is 2. The van der Waals surface area contributed by atoms with Crippen LogP contribution in [0.25, 0.3) is 38.2 Å². The van der Waals surface area contributed by atoms with Gasteiger partial charge in [-0.15, -0.1) is 0 Å². The Morgan fingerprint density at radius 3 is 2.29 bits per heavy atom. The highest BCUT2D eigenvalue weighted by Crippen LogP contribution is 2.36. The van der Waals surface area contributed by atoms with Crippen LogP contribution in [-0.2, 0) is 16.6 Å². The topological polar surface area (TPSA) is 52.7 Å². The molecule has 0 radical (unpaired) electrons. The Hall–Kier alpha value is -3.60. The summed E-state index contributed by atoms with van der Waals surface area (Å²) in [6.07, 6.45) is 1.97. The van der Waals surface area contributed by atoms with E-state index in [9.17, 15) is 9.59 Å². The average Bonchev–Trinajstić information content (AvgIpc) is 3.21. The van der Waals surface area contributed by atoms with Gasteiger partial charge in [0.15, 0.2) is 0 Å². The predicted molar refractivity (Wildman–Crippen MR) is 110 cm³/mol. The summed E-state index contributed by atoms with van der Waals surface area (Å²) in [5.74, 6) is -1.44. The van der Waals surface area contributed by atoms with Crippen molar-refractivity contribution in [3.05, 3.63) is 66.4 Å². The highest BCUT2D eigenvalue weighted by atomic mass is 16.5. The van der Waals surface area contributed by atoms with Gasteiger partial charge in [0, 0.05) is 34.9 Å². The number of pyridine rings is 1. The van der Waals surface area contributed by atoms with Crippen LogP contribution >= 0.6 is 0 Å². The molecule has 3 heterocycles. The number of hydrogen-bond acceptors (Lipinski definition) is 3. The third kappa shape index (κ3) is 2.07. The van der Waals surface area contributed by atoms with Gasteiger partial charge in [-0.1, -0.05) is 36.4 Å². The molecular formula is C23H18N2O3. The molecule has 3 aromatic heterocycles. The van der Waals surface area contributed by atoms with Crippen LogP contribution in [0.5, 0.6) is 0 Å². The summed E-state index contributed by atoms with van der Waals surface area (Å²) in [5, 5.41) is 2.91. The first kappa shape index (κ1) is 16.6. The number of aromatic nitrogens is 2. The number of benzene rings is 2. The lowest BCUT2D eigenvalue weighted by atomic mass is 10.1. The molecule has 5 heteroatoms. The molecule has 0 atom stereocenters. The van der Waals surface area contributed by atoms with Gasteiger partial charge in [0.25, 0.3) is 5.78 Å². The van der Waals surface area contributed by atoms with Crippen LogP contribution < -0.4 is 0 Å². The fourth-order valence-corrected chi connectivity index (χ4v) is 4.21. The summed E-state index contributed by atoms with van der Waals surface area (Å²) < 4.78 is 9.10. The van der Waals surface area contributed by atoms with E-state index in [1.54, 1.807) is 6.92 Å². The number of rotatable bonds is 3. The molecule has 0 unspecified atom stereocenters. The van der Waals surface area contributed by atoms with Crippen LogP contribution in [0.15, 0.2) is 60.8 Å². The van der Waals surface area contributed by atoms with Gasteiger partial charge >= 0.3 is 5.97 Å². The lowest BCUT2D eigenvalue weighted by molar-refractivity contribution is -0.137. The van der Waals surface area contributed by atoms with Crippen LogP contribution in [0.2, 0.25) is 0 Å². The summed E-state index contributed by atoms with van der Waals surface area (Å²) >= 11 is 0. The molecule has 0 amide bonds. The van der Waals surface area contributed by atoms with Gasteiger partial charge in [-0.2, -0.15) is 0 Å². The smallest absolute Gasteiger partial charge is 0.379 e. The second-order valence-corrected chi connectivity index (χ2v) is 6.81. The normalized spacial score (nSPS) is 11.6. The quantitative estimate of drug-likeness (QED) is 0.267. The van der Waals surface area contributed by atoms with Gasteiger partial charge in [-0.3, -0.25) is 4.79 Å². The van der Waals surface area contributed by atoms with E-state index in [1.165, 1.54) is 0 Å². The minimum absolute atomic E-state index is 0.164. The second-order valence-electron chi connectivity index (χ2n) is 6.81. The van der Waals surface area contributed by atoms with Crippen molar-refractivity contribution in [1.82, 2.24) is 8.97 Å². The van der Waals surface area contributed by atoms with Crippen molar-refractivity contribution in [3.8, 4) is 0 Å². The van der Waals surface area contributed by atoms with Gasteiger partial charge in [-0.05, 0) is 25.1 Å². The molecule has 28 heavy (non-hydrogen) atoms. The fraction of sp³-hybridized carbons (Fsp3) is 0.130. The number of esters is 1. The van der Waals surface area contributed by atoms with E-state index in [1.807, 2.05) is 54.0 Å². The summed E-state index contributed by atoms with van der Waals surface area (Å²) in [6, 6.07) is 17.8. The minimum Gasteiger partial charge on any atom is -0.460 e. The molecule has 5 nitrogen and oxygen atoms in total. The maximum Gasteiger partial charge on any atom is 0.379 e. The SMILES string of the molecule is CCOC(=O)C(=O)c1c2ccccc2n2ccc3c4ccccc4n(C)c3c12. The molecule has 0 aliphatic rings. The van der Waals surface area contributed by atoms with Crippen LogP contribution in [0.4, 0.5) is 0 Å². The van der Waals surface area contributed by atoms with Crippen molar-refractivity contribution in [2.24, 2.45) is 7.05 Å². The molecule has 2 aromatic carbocycles. The maximum absolute atomic E-state index is 13.1. The minimum atomic E-state index is -0.823. The Morgan fingerprint density at radius 1 is 0.857 bits per heavy atom. The predicted octanol–water partition coefficient (Wildman–Crippen LogP) is 4.48. The number of fused-ring (bicyclic) bond motifs is 7. The molecule has 0 N–H and O–H groups in total. The lowest BCUT2D eigenvalue weighted by Crippen LogP contribution is -2.17. The third-order valence-electron chi connectivity index (χ3n) is 5.36. The molecule has 138 valence electrons.